The largest absolute Gasteiger partial charge is 0.444 e. The number of hydrogen-bond acceptors (Lipinski definition) is 7. The van der Waals surface area contributed by atoms with E-state index in [0.29, 0.717) is 36.5 Å². The van der Waals surface area contributed by atoms with Crippen molar-refractivity contribution < 1.29 is 18.7 Å². The van der Waals surface area contributed by atoms with Gasteiger partial charge in [0, 0.05) is 49.0 Å². The minimum absolute atomic E-state index is 0.110. The molecule has 230 valence electrons. The first kappa shape index (κ1) is 29.9. The number of anilines is 1. The van der Waals surface area contributed by atoms with Gasteiger partial charge in [-0.15, -0.1) is 5.10 Å². The van der Waals surface area contributed by atoms with Crippen LogP contribution in [0.25, 0.3) is 33.3 Å². The second-order valence-electron chi connectivity index (χ2n) is 12.2. The van der Waals surface area contributed by atoms with Gasteiger partial charge in [0.2, 0.25) is 0 Å². The van der Waals surface area contributed by atoms with Crippen LogP contribution < -0.4 is 4.90 Å². The summed E-state index contributed by atoms with van der Waals surface area (Å²) < 4.78 is 22.9. The van der Waals surface area contributed by atoms with Gasteiger partial charge in [-0.25, -0.2) is 14.2 Å². The highest BCUT2D eigenvalue weighted by molar-refractivity contribution is 6.10. The quantitative estimate of drug-likeness (QED) is 0.232. The Kier molecular flexibility index (Phi) is 8.01. The molecule has 11 heteroatoms. The smallest absolute Gasteiger partial charge is 0.410 e. The van der Waals surface area contributed by atoms with Crippen LogP contribution in [0.15, 0.2) is 79.3 Å². The lowest BCUT2D eigenvalue weighted by Crippen LogP contribution is -2.53. The first-order valence-electron chi connectivity index (χ1n) is 14.9. The zero-order chi connectivity index (χ0) is 31.7. The molecule has 0 aliphatic carbocycles. The first-order valence-corrected chi connectivity index (χ1v) is 14.9. The van der Waals surface area contributed by atoms with E-state index in [4.69, 9.17) is 4.74 Å². The highest BCUT2D eigenvalue weighted by Gasteiger charge is 2.36. The van der Waals surface area contributed by atoms with Gasteiger partial charge in [0.1, 0.15) is 22.9 Å². The van der Waals surface area contributed by atoms with Crippen molar-refractivity contribution in [1.29, 1.82) is 0 Å². The van der Waals surface area contributed by atoms with E-state index in [-0.39, 0.29) is 12.1 Å². The SMILES string of the molecule is Cn1cc(-c2ccc(C(=O)N(c3nccc4cc(-c5ccccn5)ccc34)[C@@H]3CCCN(C(=O)OC(C)(C)C)C3)c(F)c2)nn1. The molecule has 1 saturated heterocycles. The summed E-state index contributed by atoms with van der Waals surface area (Å²) in [5, 5.41) is 9.55. The summed E-state index contributed by atoms with van der Waals surface area (Å²) >= 11 is 0. The van der Waals surface area contributed by atoms with Crippen LogP contribution in [0.4, 0.5) is 15.0 Å². The van der Waals surface area contributed by atoms with Crippen molar-refractivity contribution in [2.45, 2.75) is 45.3 Å². The minimum Gasteiger partial charge on any atom is -0.444 e. The molecule has 1 aliphatic heterocycles. The van der Waals surface area contributed by atoms with Gasteiger partial charge in [-0.3, -0.25) is 19.4 Å². The maximum atomic E-state index is 15.8. The second-order valence-corrected chi connectivity index (χ2v) is 12.2. The molecule has 45 heavy (non-hydrogen) atoms. The fourth-order valence-corrected chi connectivity index (χ4v) is 5.60. The summed E-state index contributed by atoms with van der Waals surface area (Å²) in [5.74, 6) is -0.854. The Hall–Kier alpha value is -5.19. The Morgan fingerprint density at radius 3 is 2.49 bits per heavy atom. The molecule has 0 unspecified atom stereocenters. The molecule has 0 saturated carbocycles. The van der Waals surface area contributed by atoms with Gasteiger partial charge >= 0.3 is 6.09 Å². The molecule has 2 amide bonds. The third-order valence-electron chi connectivity index (χ3n) is 7.66. The third kappa shape index (κ3) is 6.38. The second kappa shape index (κ2) is 12.1. The first-order chi connectivity index (χ1) is 21.6. The summed E-state index contributed by atoms with van der Waals surface area (Å²) in [4.78, 5) is 39.8. The van der Waals surface area contributed by atoms with Gasteiger partial charge in [0.05, 0.1) is 23.5 Å². The highest BCUT2D eigenvalue weighted by Crippen LogP contribution is 2.33. The monoisotopic (exact) mass is 607 g/mol. The van der Waals surface area contributed by atoms with E-state index in [2.05, 4.69) is 20.3 Å². The molecular formula is C34H34FN7O3. The fraction of sp³-hybridized carbons (Fsp3) is 0.294. The Balaban J connectivity index is 1.42. The molecule has 10 nitrogen and oxygen atoms in total. The summed E-state index contributed by atoms with van der Waals surface area (Å²) in [6.45, 7) is 6.15. The van der Waals surface area contributed by atoms with E-state index in [1.807, 2.05) is 63.2 Å². The van der Waals surface area contributed by atoms with Crippen molar-refractivity contribution in [2.24, 2.45) is 7.05 Å². The maximum absolute atomic E-state index is 15.8. The van der Waals surface area contributed by atoms with Crippen molar-refractivity contribution >= 4 is 28.6 Å². The number of hydrogen-bond donors (Lipinski definition) is 0. The number of benzene rings is 2. The number of aryl methyl sites for hydroxylation is 1. The highest BCUT2D eigenvalue weighted by atomic mass is 19.1. The van der Waals surface area contributed by atoms with E-state index in [1.165, 1.54) is 16.8 Å². The molecule has 4 heterocycles. The molecule has 0 bridgehead atoms. The molecule has 6 rings (SSSR count). The molecule has 1 fully saturated rings. The van der Waals surface area contributed by atoms with Crippen molar-refractivity contribution in [3.8, 4) is 22.5 Å². The number of pyridine rings is 2. The summed E-state index contributed by atoms with van der Waals surface area (Å²) in [6.07, 6.45) is 5.83. The standard InChI is InChI=1S/C34H34FN7O3/c1-34(2,3)45-33(44)41-17-7-8-25(20-41)42(32(43)27-13-11-24(19-28(27)35)30-21-40(4)39-38-30)31-26-12-10-23(18-22(26)14-16-37-31)29-9-5-6-15-36-29/h5-6,9-16,18-19,21,25H,7-8,17,20H2,1-4H3/t25-/m1/s1. The van der Waals surface area contributed by atoms with Crippen LogP contribution in [-0.4, -0.2) is 66.6 Å². The van der Waals surface area contributed by atoms with Crippen LogP contribution in [0, 0.1) is 5.82 Å². The molecule has 0 radical (unpaired) electrons. The molecule has 1 atom stereocenters. The van der Waals surface area contributed by atoms with Crippen LogP contribution >= 0.6 is 0 Å². The van der Waals surface area contributed by atoms with Gasteiger partial charge in [-0.1, -0.05) is 23.4 Å². The van der Waals surface area contributed by atoms with Gasteiger partial charge < -0.3 is 9.64 Å². The van der Waals surface area contributed by atoms with Gasteiger partial charge in [-0.05, 0) is 81.5 Å². The lowest BCUT2D eigenvalue weighted by molar-refractivity contribution is 0.0196. The average molecular weight is 608 g/mol. The van der Waals surface area contributed by atoms with Gasteiger partial charge in [0.25, 0.3) is 5.91 Å². The zero-order valence-electron chi connectivity index (χ0n) is 25.6. The Morgan fingerprint density at radius 2 is 1.78 bits per heavy atom. The van der Waals surface area contributed by atoms with Crippen LogP contribution in [0.1, 0.15) is 44.0 Å². The lowest BCUT2D eigenvalue weighted by atomic mass is 10.00. The molecule has 5 aromatic rings. The average Bonchev–Trinajstić information content (AvgIpc) is 3.47. The summed E-state index contributed by atoms with van der Waals surface area (Å²) in [7, 11) is 1.73. The number of amides is 2. The van der Waals surface area contributed by atoms with Crippen LogP contribution in [0.2, 0.25) is 0 Å². The Bertz CT molecular complexity index is 1870. The Morgan fingerprint density at radius 1 is 0.978 bits per heavy atom. The third-order valence-corrected chi connectivity index (χ3v) is 7.66. The van der Waals surface area contributed by atoms with Crippen LogP contribution in [-0.2, 0) is 11.8 Å². The molecular weight excluding hydrogens is 573 g/mol. The molecule has 2 aromatic carbocycles. The van der Waals surface area contributed by atoms with E-state index < -0.39 is 29.5 Å². The number of halogens is 1. The van der Waals surface area contributed by atoms with Crippen molar-refractivity contribution in [3.63, 3.8) is 0 Å². The number of rotatable bonds is 5. The topological polar surface area (TPSA) is 106 Å². The predicted molar refractivity (Wildman–Crippen MR) is 169 cm³/mol. The van der Waals surface area contributed by atoms with Crippen molar-refractivity contribution in [1.82, 2.24) is 29.9 Å². The Labute approximate surface area is 260 Å². The molecule has 0 N–H and O–H groups in total. The lowest BCUT2D eigenvalue weighted by Gasteiger charge is -2.39. The van der Waals surface area contributed by atoms with E-state index in [1.54, 1.807) is 41.5 Å². The van der Waals surface area contributed by atoms with Crippen molar-refractivity contribution in [3.05, 3.63) is 90.6 Å². The van der Waals surface area contributed by atoms with Crippen LogP contribution in [0.3, 0.4) is 0 Å². The molecule has 1 aliphatic rings. The number of ether oxygens (including phenoxy) is 1. The summed E-state index contributed by atoms with van der Waals surface area (Å²) in [5.41, 5.74) is 1.94. The fourth-order valence-electron chi connectivity index (χ4n) is 5.60. The maximum Gasteiger partial charge on any atom is 0.410 e. The molecule has 0 spiro atoms. The summed E-state index contributed by atoms with van der Waals surface area (Å²) in [6, 6.07) is 17.4. The van der Waals surface area contributed by atoms with E-state index in [0.717, 1.165) is 22.0 Å². The molecule has 3 aromatic heterocycles. The zero-order valence-corrected chi connectivity index (χ0v) is 25.6. The number of aromatic nitrogens is 5. The van der Waals surface area contributed by atoms with E-state index in [9.17, 15) is 9.59 Å². The minimum atomic E-state index is -0.689. The predicted octanol–water partition coefficient (Wildman–Crippen LogP) is 6.28. The van der Waals surface area contributed by atoms with Crippen LogP contribution in [0.5, 0.6) is 0 Å². The number of piperidine rings is 1. The number of carbonyl (C=O) groups excluding carboxylic acids is 2. The number of likely N-dealkylation sites (tertiary alicyclic amines) is 1. The normalized spacial score (nSPS) is 15.2. The van der Waals surface area contributed by atoms with E-state index >= 15 is 4.39 Å². The number of carbonyl (C=O) groups is 2. The number of nitrogens with zero attached hydrogens (tertiary/aromatic N) is 7. The van der Waals surface area contributed by atoms with Crippen molar-refractivity contribution in [2.75, 3.05) is 18.0 Å². The van der Waals surface area contributed by atoms with Gasteiger partial charge in [0.15, 0.2) is 0 Å². The van der Waals surface area contributed by atoms with Gasteiger partial charge in [-0.2, -0.15) is 0 Å². The number of fused-ring (bicyclic) bond motifs is 1.